The van der Waals surface area contributed by atoms with E-state index in [0.717, 1.165) is 5.69 Å². The second-order valence-electron chi connectivity index (χ2n) is 10.1. The molecule has 0 amide bonds. The van der Waals surface area contributed by atoms with Gasteiger partial charge in [0.05, 0.1) is 5.69 Å². The fourth-order valence-electron chi connectivity index (χ4n) is 5.65. The maximum absolute atomic E-state index is 4.70. The average molecular weight is 495 g/mol. The zero-order valence-electron chi connectivity index (χ0n) is 21.5. The van der Waals surface area contributed by atoms with E-state index in [1.807, 2.05) is 12.3 Å². The van der Waals surface area contributed by atoms with E-state index in [1.165, 1.54) is 54.3 Å². The Balaban J connectivity index is 1.51. The molecule has 0 N–H and O–H groups in total. The second kappa shape index (κ2) is 10.1. The van der Waals surface area contributed by atoms with Gasteiger partial charge in [-0.15, -0.1) is 0 Å². The Morgan fingerprint density at radius 3 is 1.49 bits per heavy atom. The highest BCUT2D eigenvalue weighted by molar-refractivity contribution is 7.00. The minimum absolute atomic E-state index is 0.0161. The van der Waals surface area contributed by atoms with Gasteiger partial charge in [0.2, 0.25) is 6.71 Å². The van der Waals surface area contributed by atoms with E-state index in [0.29, 0.717) is 0 Å². The molecule has 7 rings (SSSR count). The van der Waals surface area contributed by atoms with Crippen molar-refractivity contribution in [1.82, 2.24) is 4.98 Å². The van der Waals surface area contributed by atoms with Crippen LogP contribution >= 0.6 is 0 Å². The SMILES string of the molecule is C(=C(\B(c1ccc2ccccc2c1)c1ccc2ccccc2c1)c1ccc2ccccc2c1)/c1ccccn1. The largest absolute Gasteiger partial charge is 0.257 e. The summed E-state index contributed by atoms with van der Waals surface area (Å²) in [4.78, 5) is 4.70. The lowest BCUT2D eigenvalue weighted by atomic mass is 9.35. The number of aromatic nitrogens is 1. The van der Waals surface area contributed by atoms with Gasteiger partial charge >= 0.3 is 0 Å². The van der Waals surface area contributed by atoms with Crippen molar-refractivity contribution >= 4 is 61.5 Å². The first-order valence-electron chi connectivity index (χ1n) is 13.4. The molecule has 6 aromatic carbocycles. The molecule has 0 unspecified atom stereocenters. The van der Waals surface area contributed by atoms with E-state index >= 15 is 0 Å². The summed E-state index contributed by atoms with van der Waals surface area (Å²) in [5.41, 5.74) is 5.90. The molecule has 0 radical (unpaired) electrons. The predicted octanol–water partition coefficient (Wildman–Crippen LogP) is 7.93. The molecule has 0 aliphatic heterocycles. The molecule has 7 aromatic rings. The Kier molecular flexibility index (Phi) is 5.99. The van der Waals surface area contributed by atoms with Crippen LogP contribution in [-0.2, 0) is 0 Å². The van der Waals surface area contributed by atoms with Crippen molar-refractivity contribution in [2.45, 2.75) is 0 Å². The van der Waals surface area contributed by atoms with Crippen LogP contribution in [0.5, 0.6) is 0 Å². The molecule has 182 valence electrons. The fourth-order valence-corrected chi connectivity index (χ4v) is 5.65. The minimum atomic E-state index is 0.0161. The summed E-state index contributed by atoms with van der Waals surface area (Å²) in [6, 6.07) is 52.4. The third-order valence-corrected chi connectivity index (χ3v) is 7.60. The van der Waals surface area contributed by atoms with Crippen LogP contribution in [0.3, 0.4) is 0 Å². The van der Waals surface area contributed by atoms with E-state index in [2.05, 4.69) is 146 Å². The molecule has 1 heterocycles. The van der Waals surface area contributed by atoms with Gasteiger partial charge in [0.1, 0.15) is 0 Å². The Morgan fingerprint density at radius 2 is 0.949 bits per heavy atom. The molecule has 0 saturated heterocycles. The van der Waals surface area contributed by atoms with Crippen LogP contribution < -0.4 is 10.9 Å². The highest BCUT2D eigenvalue weighted by atomic mass is 14.6. The maximum Gasteiger partial charge on any atom is 0.242 e. The van der Waals surface area contributed by atoms with Gasteiger partial charge in [-0.1, -0.05) is 144 Å². The monoisotopic (exact) mass is 495 g/mol. The zero-order chi connectivity index (χ0) is 26.0. The lowest BCUT2D eigenvalue weighted by Crippen LogP contribution is -2.43. The molecule has 1 nitrogen and oxygen atoms in total. The van der Waals surface area contributed by atoms with Gasteiger partial charge in [-0.05, 0) is 62.2 Å². The normalized spacial score (nSPS) is 11.7. The van der Waals surface area contributed by atoms with Gasteiger partial charge in [-0.2, -0.15) is 0 Å². The second-order valence-corrected chi connectivity index (χ2v) is 10.1. The Morgan fingerprint density at radius 1 is 0.462 bits per heavy atom. The van der Waals surface area contributed by atoms with Crippen LogP contribution in [-0.4, -0.2) is 11.7 Å². The summed E-state index contributed by atoms with van der Waals surface area (Å²) < 4.78 is 0. The molecule has 0 aliphatic rings. The van der Waals surface area contributed by atoms with Crippen molar-refractivity contribution in [3.8, 4) is 0 Å². The maximum atomic E-state index is 4.70. The van der Waals surface area contributed by atoms with Crippen molar-refractivity contribution in [2.75, 3.05) is 0 Å². The molecule has 39 heavy (non-hydrogen) atoms. The highest BCUT2D eigenvalue weighted by Gasteiger charge is 2.26. The van der Waals surface area contributed by atoms with Gasteiger partial charge in [0, 0.05) is 6.20 Å². The number of pyridine rings is 1. The third-order valence-electron chi connectivity index (χ3n) is 7.60. The molecule has 0 spiro atoms. The molecular formula is C37H26BN. The van der Waals surface area contributed by atoms with Crippen LogP contribution in [0, 0.1) is 0 Å². The van der Waals surface area contributed by atoms with E-state index in [1.54, 1.807) is 0 Å². The van der Waals surface area contributed by atoms with Crippen molar-refractivity contribution in [3.05, 3.63) is 163 Å². The molecule has 1 aromatic heterocycles. The molecule has 0 bridgehead atoms. The summed E-state index contributed by atoms with van der Waals surface area (Å²) in [7, 11) is 0. The number of hydrogen-bond donors (Lipinski definition) is 0. The minimum Gasteiger partial charge on any atom is -0.257 e. The van der Waals surface area contributed by atoms with Crippen LogP contribution in [0.25, 0.3) is 43.9 Å². The van der Waals surface area contributed by atoms with Crippen molar-refractivity contribution in [1.29, 1.82) is 0 Å². The standard InChI is InChI=1S/C37H26BN/c1-4-12-30-23-33(17-16-27(30)9-1)37(26-36-15-7-8-22-39-36)38(34-20-18-28-10-2-5-13-31(28)24-34)35-21-19-29-11-3-6-14-32(29)25-35/h1-26H/b37-26+. The van der Waals surface area contributed by atoms with Crippen LogP contribution in [0.4, 0.5) is 0 Å². The Bertz CT molecular complexity index is 1890. The van der Waals surface area contributed by atoms with Crippen molar-refractivity contribution in [2.24, 2.45) is 0 Å². The molecular weight excluding hydrogens is 469 g/mol. The lowest BCUT2D eigenvalue weighted by Gasteiger charge is -2.21. The summed E-state index contributed by atoms with van der Waals surface area (Å²) in [5.74, 6) is 0. The van der Waals surface area contributed by atoms with Crippen molar-refractivity contribution < 1.29 is 0 Å². The fraction of sp³-hybridized carbons (Fsp3) is 0. The Labute approximate surface area is 229 Å². The number of nitrogens with zero attached hydrogens (tertiary/aromatic N) is 1. The zero-order valence-corrected chi connectivity index (χ0v) is 21.5. The molecule has 0 aliphatic carbocycles. The average Bonchev–Trinajstić information content (AvgIpc) is 3.01. The quantitative estimate of drug-likeness (QED) is 0.221. The van der Waals surface area contributed by atoms with Gasteiger partial charge in [0.15, 0.2) is 0 Å². The van der Waals surface area contributed by atoms with E-state index in [9.17, 15) is 0 Å². The van der Waals surface area contributed by atoms with Gasteiger partial charge in [-0.3, -0.25) is 4.98 Å². The van der Waals surface area contributed by atoms with E-state index in [4.69, 9.17) is 4.98 Å². The molecule has 2 heteroatoms. The predicted molar refractivity (Wildman–Crippen MR) is 169 cm³/mol. The summed E-state index contributed by atoms with van der Waals surface area (Å²) in [6.07, 6.45) is 4.13. The number of fused-ring (bicyclic) bond motifs is 3. The molecule has 0 saturated carbocycles. The Hall–Kier alpha value is -4.95. The van der Waals surface area contributed by atoms with Gasteiger partial charge in [-0.25, -0.2) is 0 Å². The van der Waals surface area contributed by atoms with Crippen LogP contribution in [0.1, 0.15) is 11.3 Å². The first kappa shape index (κ1) is 23.2. The third kappa shape index (κ3) is 4.62. The molecule has 0 atom stereocenters. The summed E-state index contributed by atoms with van der Waals surface area (Å²) >= 11 is 0. The van der Waals surface area contributed by atoms with Gasteiger partial charge < -0.3 is 0 Å². The number of hydrogen-bond acceptors (Lipinski definition) is 1. The highest BCUT2D eigenvalue weighted by Crippen LogP contribution is 2.27. The van der Waals surface area contributed by atoms with Crippen LogP contribution in [0.2, 0.25) is 0 Å². The number of benzene rings is 6. The number of rotatable bonds is 5. The van der Waals surface area contributed by atoms with Gasteiger partial charge in [0.25, 0.3) is 0 Å². The topological polar surface area (TPSA) is 12.9 Å². The van der Waals surface area contributed by atoms with E-state index < -0.39 is 0 Å². The smallest absolute Gasteiger partial charge is 0.242 e. The first-order valence-corrected chi connectivity index (χ1v) is 13.4. The summed E-state index contributed by atoms with van der Waals surface area (Å²) in [6.45, 7) is 0.0161. The van der Waals surface area contributed by atoms with E-state index in [-0.39, 0.29) is 6.71 Å². The summed E-state index contributed by atoms with van der Waals surface area (Å²) in [5, 5.41) is 7.47. The first-order chi connectivity index (χ1) is 19.3. The molecule has 0 fully saturated rings. The van der Waals surface area contributed by atoms with Crippen LogP contribution in [0.15, 0.2) is 152 Å². The van der Waals surface area contributed by atoms with Crippen molar-refractivity contribution in [3.63, 3.8) is 0 Å². The lowest BCUT2D eigenvalue weighted by molar-refractivity contribution is 1.30.